The monoisotopic (exact) mass is 831 g/mol. The first kappa shape index (κ1) is 43.2. The number of hydrogen-bond donors (Lipinski definition) is 3. The average molecular weight is 832 g/mol. The number of sulfonamides is 1. The van der Waals surface area contributed by atoms with Crippen LogP contribution >= 0.6 is 11.6 Å². The maximum absolute atomic E-state index is 13.8. The molecule has 17 heteroatoms. The molecule has 2 fully saturated rings. The second kappa shape index (κ2) is 19.0. The molecule has 12 nitrogen and oxygen atoms in total. The van der Waals surface area contributed by atoms with Crippen LogP contribution in [0.3, 0.4) is 0 Å². The third kappa shape index (κ3) is 12.3. The minimum absolute atomic E-state index is 0.0618. The minimum atomic E-state index is -4.47. The van der Waals surface area contributed by atoms with Crippen molar-refractivity contribution in [3.63, 3.8) is 0 Å². The number of alkyl halides is 3. The lowest BCUT2D eigenvalue weighted by molar-refractivity contribution is -0.145. The van der Waals surface area contributed by atoms with Crippen molar-refractivity contribution in [2.24, 2.45) is 0 Å². The number of aliphatic hydroxyl groups is 1. The summed E-state index contributed by atoms with van der Waals surface area (Å²) in [5.41, 5.74) is 2.29. The molecule has 0 spiro atoms. The van der Waals surface area contributed by atoms with Crippen LogP contribution in [-0.2, 0) is 26.7 Å². The molecule has 2 saturated heterocycles. The lowest BCUT2D eigenvalue weighted by Gasteiger charge is -2.36. The molecule has 4 aromatic rings. The maximum Gasteiger partial charge on any atom is 0.417 e. The first-order valence-corrected chi connectivity index (χ1v) is 20.4. The topological polar surface area (TPSA) is 153 Å². The van der Waals surface area contributed by atoms with Gasteiger partial charge in [0.05, 0.1) is 22.7 Å². The Morgan fingerprint density at radius 2 is 1.63 bits per heavy atom. The van der Waals surface area contributed by atoms with Crippen LogP contribution in [0.5, 0.6) is 11.6 Å². The van der Waals surface area contributed by atoms with Crippen LogP contribution in [-0.4, -0.2) is 97.2 Å². The SMILES string of the molecule is CCN1CCN(c2ccc(C(=O)N3CCC(c4ccc(Oc5ccc(C(F)(F)F)cn5)cc4)CC3)cc2NS(=O)(=O)Cc2cccc(Cl)c2)CC1.C[C@H](O)C(=O)O. The van der Waals surface area contributed by atoms with Gasteiger partial charge in [0.15, 0.2) is 0 Å². The number of pyridine rings is 1. The molecule has 306 valence electrons. The van der Waals surface area contributed by atoms with E-state index < -0.39 is 33.8 Å². The van der Waals surface area contributed by atoms with Crippen LogP contribution in [0.15, 0.2) is 85.1 Å². The number of hydrogen-bond acceptors (Lipinski definition) is 9. The van der Waals surface area contributed by atoms with E-state index in [4.69, 9.17) is 26.6 Å². The number of carboxylic acid groups (broad SMARTS) is 1. The number of ether oxygens (including phenoxy) is 1. The number of carbonyl (C=O) groups excluding carboxylic acids is 1. The Hall–Kier alpha value is -4.90. The predicted octanol–water partition coefficient (Wildman–Crippen LogP) is 7.10. The molecule has 0 saturated carbocycles. The molecule has 3 aromatic carbocycles. The predicted molar refractivity (Wildman–Crippen MR) is 211 cm³/mol. The van der Waals surface area contributed by atoms with Gasteiger partial charge < -0.3 is 29.6 Å². The van der Waals surface area contributed by atoms with Crippen molar-refractivity contribution in [1.29, 1.82) is 0 Å². The summed E-state index contributed by atoms with van der Waals surface area (Å²) in [6.45, 7) is 8.48. The fraction of sp³-hybridized carbons (Fsp3) is 0.375. The van der Waals surface area contributed by atoms with Gasteiger partial charge in [-0.1, -0.05) is 42.8 Å². The van der Waals surface area contributed by atoms with Gasteiger partial charge in [-0.3, -0.25) is 9.52 Å². The van der Waals surface area contributed by atoms with Gasteiger partial charge in [-0.15, -0.1) is 0 Å². The second-order valence-corrected chi connectivity index (χ2v) is 15.9. The minimum Gasteiger partial charge on any atom is -0.479 e. The van der Waals surface area contributed by atoms with Crippen LogP contribution in [0, 0.1) is 0 Å². The highest BCUT2D eigenvalue weighted by molar-refractivity contribution is 7.91. The van der Waals surface area contributed by atoms with Crippen molar-refractivity contribution in [3.8, 4) is 11.6 Å². The number of nitrogens with one attached hydrogen (secondary N) is 1. The zero-order chi connectivity index (χ0) is 41.3. The largest absolute Gasteiger partial charge is 0.479 e. The Bertz CT molecular complexity index is 2090. The number of piperazine rings is 1. The van der Waals surface area contributed by atoms with Crippen molar-refractivity contribution in [2.75, 3.05) is 55.4 Å². The Morgan fingerprint density at radius 3 is 2.19 bits per heavy atom. The van der Waals surface area contributed by atoms with Gasteiger partial charge in [0.25, 0.3) is 5.91 Å². The number of amides is 1. The van der Waals surface area contributed by atoms with Gasteiger partial charge in [0.2, 0.25) is 15.9 Å². The summed E-state index contributed by atoms with van der Waals surface area (Å²) in [5, 5.41) is 16.2. The Labute approximate surface area is 334 Å². The first-order valence-electron chi connectivity index (χ1n) is 18.4. The van der Waals surface area contributed by atoms with Crippen LogP contribution in [0.4, 0.5) is 24.5 Å². The van der Waals surface area contributed by atoms with Gasteiger partial charge in [-0.2, -0.15) is 13.2 Å². The summed E-state index contributed by atoms with van der Waals surface area (Å²) in [7, 11) is -3.84. The Kier molecular flexibility index (Phi) is 14.4. The van der Waals surface area contributed by atoms with Crippen molar-refractivity contribution in [3.05, 3.63) is 112 Å². The van der Waals surface area contributed by atoms with E-state index in [1.54, 1.807) is 53.4 Å². The number of benzene rings is 3. The summed E-state index contributed by atoms with van der Waals surface area (Å²) in [6.07, 6.45) is -3.50. The van der Waals surface area contributed by atoms with Crippen LogP contribution in [0.1, 0.15) is 59.7 Å². The highest BCUT2D eigenvalue weighted by atomic mass is 35.5. The molecule has 1 atom stereocenters. The molecule has 1 amide bonds. The third-order valence-electron chi connectivity index (χ3n) is 9.69. The van der Waals surface area contributed by atoms with E-state index in [2.05, 4.69) is 26.4 Å². The van der Waals surface area contributed by atoms with Crippen LogP contribution in [0.25, 0.3) is 0 Å². The molecule has 0 radical (unpaired) electrons. The van der Waals surface area contributed by atoms with E-state index in [1.165, 1.54) is 13.0 Å². The standard InChI is InChI=1S/C37H39ClF3N5O4S.C3H6O3/c1-2-44-18-20-45(21-19-44)34-12-8-29(23-33(34)43-51(48,49)25-26-4-3-5-31(38)22-26)36(47)46-16-14-28(15-17-46)27-6-10-32(11-7-27)50-35-13-9-30(24-42-35)37(39,40)41;1-2(4)3(5)6/h3-13,22-24,28,43H,2,14-21,25H2,1H3;2,4H,1H3,(H,5,6)/t;2-/m.0/s1. The fourth-order valence-corrected chi connectivity index (χ4v) is 7.92. The van der Waals surface area contributed by atoms with E-state index in [0.29, 0.717) is 40.7 Å². The molecule has 0 aliphatic carbocycles. The van der Waals surface area contributed by atoms with E-state index >= 15 is 0 Å². The number of nitrogens with zero attached hydrogens (tertiary/aromatic N) is 4. The number of carbonyl (C=O) groups is 2. The summed E-state index contributed by atoms with van der Waals surface area (Å²) >= 11 is 6.10. The molecule has 0 unspecified atom stereocenters. The lowest BCUT2D eigenvalue weighted by atomic mass is 9.89. The summed E-state index contributed by atoms with van der Waals surface area (Å²) in [5.74, 6) is -0.902. The number of piperidine rings is 1. The number of likely N-dealkylation sites (N-methyl/N-ethyl adjacent to an activating group) is 1. The van der Waals surface area contributed by atoms with Gasteiger partial charge in [-0.25, -0.2) is 18.2 Å². The molecule has 3 heterocycles. The highest BCUT2D eigenvalue weighted by Crippen LogP contribution is 2.34. The van der Waals surface area contributed by atoms with Crippen LogP contribution < -0.4 is 14.4 Å². The number of aliphatic hydroxyl groups excluding tert-OH is 1. The molecule has 57 heavy (non-hydrogen) atoms. The molecule has 2 aliphatic rings. The Morgan fingerprint density at radius 1 is 0.965 bits per heavy atom. The summed E-state index contributed by atoms with van der Waals surface area (Å²) in [4.78, 5) is 33.3. The van der Waals surface area contributed by atoms with E-state index in [0.717, 1.165) is 69.1 Å². The lowest BCUT2D eigenvalue weighted by Crippen LogP contribution is -2.46. The number of anilines is 2. The number of carboxylic acids is 1. The molecular formula is C40H45ClF3N5O7S. The van der Waals surface area contributed by atoms with Gasteiger partial charge in [-0.05, 0) is 91.9 Å². The average Bonchev–Trinajstić information content (AvgIpc) is 3.18. The number of rotatable bonds is 11. The summed E-state index contributed by atoms with van der Waals surface area (Å²) in [6, 6.07) is 21.5. The normalized spacial score (nSPS) is 16.0. The maximum atomic E-state index is 13.8. The Balaban J connectivity index is 0.000000959. The van der Waals surface area contributed by atoms with Crippen LogP contribution in [0.2, 0.25) is 5.02 Å². The van der Waals surface area contributed by atoms with Crippen molar-refractivity contribution >= 4 is 44.9 Å². The zero-order valence-corrected chi connectivity index (χ0v) is 33.0. The number of aromatic nitrogens is 1. The fourth-order valence-electron chi connectivity index (χ4n) is 6.52. The molecule has 2 aliphatic heterocycles. The zero-order valence-electron chi connectivity index (χ0n) is 31.5. The van der Waals surface area contributed by atoms with Gasteiger partial charge in [0, 0.05) is 62.1 Å². The first-order chi connectivity index (χ1) is 27.0. The number of aliphatic carboxylic acids is 1. The van der Waals surface area contributed by atoms with Gasteiger partial charge in [0.1, 0.15) is 11.9 Å². The number of halogens is 4. The molecule has 1 aromatic heterocycles. The van der Waals surface area contributed by atoms with Crippen molar-refractivity contribution < 1.29 is 46.1 Å². The van der Waals surface area contributed by atoms with Crippen molar-refractivity contribution in [2.45, 2.75) is 50.6 Å². The summed E-state index contributed by atoms with van der Waals surface area (Å²) < 4.78 is 73.7. The van der Waals surface area contributed by atoms with E-state index in [9.17, 15) is 31.2 Å². The molecule has 3 N–H and O–H groups in total. The molecule has 0 bridgehead atoms. The quantitative estimate of drug-likeness (QED) is 0.143. The van der Waals surface area contributed by atoms with E-state index in [1.807, 2.05) is 18.2 Å². The highest BCUT2D eigenvalue weighted by Gasteiger charge is 2.31. The number of likely N-dealkylation sites (tertiary alicyclic amines) is 1. The van der Waals surface area contributed by atoms with E-state index in [-0.39, 0.29) is 23.5 Å². The third-order valence-corrected chi connectivity index (χ3v) is 11.2. The smallest absolute Gasteiger partial charge is 0.417 e. The molecule has 6 rings (SSSR count). The second-order valence-electron chi connectivity index (χ2n) is 13.8. The van der Waals surface area contributed by atoms with Crippen molar-refractivity contribution in [1.82, 2.24) is 14.8 Å². The van der Waals surface area contributed by atoms with Gasteiger partial charge >= 0.3 is 12.1 Å². The molecular weight excluding hydrogens is 787 g/mol.